The summed E-state index contributed by atoms with van der Waals surface area (Å²) in [6.07, 6.45) is 1.58. The molecular formula is C29H36N4O5S. The number of hydrogen-bond donors (Lipinski definition) is 1. The number of benzene rings is 2. The van der Waals surface area contributed by atoms with Gasteiger partial charge in [0.25, 0.3) is 15.9 Å². The molecular weight excluding hydrogens is 516 g/mol. The summed E-state index contributed by atoms with van der Waals surface area (Å²) in [5, 5.41) is 0. The SMILES string of the molecule is CO[C@H]1CN(C)C(=O)c2cc(NS(=O)(=O)c3ccccc3)ccc2OC[C@@H](C)N(Cc2ccccn2)C[C@@H]1C. The van der Waals surface area contributed by atoms with Gasteiger partial charge in [-0.05, 0) is 55.3 Å². The molecule has 9 nitrogen and oxygen atoms in total. The molecule has 1 aromatic heterocycles. The highest BCUT2D eigenvalue weighted by Gasteiger charge is 2.29. The number of nitrogens with zero attached hydrogens (tertiary/aromatic N) is 3. The summed E-state index contributed by atoms with van der Waals surface area (Å²) < 4.78 is 40.4. The third-order valence-electron chi connectivity index (χ3n) is 6.97. The number of methoxy groups -OCH3 is 1. The lowest BCUT2D eigenvalue weighted by Crippen LogP contribution is -2.46. The fourth-order valence-electron chi connectivity index (χ4n) is 4.65. The van der Waals surface area contributed by atoms with Crippen molar-refractivity contribution in [3.63, 3.8) is 0 Å². The summed E-state index contributed by atoms with van der Waals surface area (Å²) in [4.78, 5) is 22.1. The van der Waals surface area contributed by atoms with Crippen molar-refractivity contribution < 1.29 is 22.7 Å². The largest absolute Gasteiger partial charge is 0.491 e. The Labute approximate surface area is 230 Å². The van der Waals surface area contributed by atoms with Gasteiger partial charge < -0.3 is 14.4 Å². The zero-order valence-electron chi connectivity index (χ0n) is 22.8. The number of sulfonamides is 1. The van der Waals surface area contributed by atoms with Gasteiger partial charge in [-0.2, -0.15) is 0 Å². The number of anilines is 1. The molecule has 0 spiro atoms. The maximum atomic E-state index is 13.6. The number of carbonyl (C=O) groups is 1. The maximum absolute atomic E-state index is 13.6. The van der Waals surface area contributed by atoms with Gasteiger partial charge >= 0.3 is 0 Å². The Morgan fingerprint density at radius 3 is 2.49 bits per heavy atom. The summed E-state index contributed by atoms with van der Waals surface area (Å²) >= 11 is 0. The van der Waals surface area contributed by atoms with Gasteiger partial charge in [0.05, 0.1) is 22.3 Å². The van der Waals surface area contributed by atoms with Crippen LogP contribution in [0.3, 0.4) is 0 Å². The number of fused-ring (bicyclic) bond motifs is 1. The molecule has 0 saturated heterocycles. The molecule has 208 valence electrons. The average molecular weight is 553 g/mol. The second kappa shape index (κ2) is 12.6. The summed E-state index contributed by atoms with van der Waals surface area (Å²) in [5.41, 5.74) is 1.51. The lowest BCUT2D eigenvalue weighted by Gasteiger charge is -2.35. The second-order valence-corrected chi connectivity index (χ2v) is 11.7. The van der Waals surface area contributed by atoms with Crippen LogP contribution in [-0.2, 0) is 21.3 Å². The van der Waals surface area contributed by atoms with E-state index in [0.29, 0.717) is 25.4 Å². The van der Waals surface area contributed by atoms with Crippen LogP contribution in [-0.4, -0.2) is 75.1 Å². The van der Waals surface area contributed by atoms with Gasteiger partial charge in [0.1, 0.15) is 12.4 Å². The molecule has 0 aliphatic carbocycles. The van der Waals surface area contributed by atoms with E-state index in [-0.39, 0.29) is 40.1 Å². The fourth-order valence-corrected chi connectivity index (χ4v) is 5.72. The maximum Gasteiger partial charge on any atom is 0.261 e. The summed E-state index contributed by atoms with van der Waals surface area (Å²) in [6.45, 7) is 6.27. The van der Waals surface area contributed by atoms with E-state index in [1.165, 1.54) is 18.2 Å². The normalized spacial score (nSPS) is 21.3. The Bertz CT molecular complexity index is 1350. The quantitative estimate of drug-likeness (QED) is 0.495. The molecule has 0 saturated carbocycles. The lowest BCUT2D eigenvalue weighted by molar-refractivity contribution is 0.00901. The van der Waals surface area contributed by atoms with Crippen molar-refractivity contribution >= 4 is 21.6 Å². The molecule has 10 heteroatoms. The standard InChI is InChI=1S/C29H36N4O5S/c1-21-17-33(18-24-10-8-9-15-30-24)22(2)20-38-27-14-13-23(31-39(35,36)25-11-6-5-7-12-25)16-26(27)29(34)32(3)19-28(21)37-4/h5-16,21-22,28,31H,17-20H2,1-4H3/t21-,22+,28-/m0/s1. The molecule has 1 aliphatic rings. The van der Waals surface area contributed by atoms with Crippen molar-refractivity contribution in [2.24, 2.45) is 5.92 Å². The van der Waals surface area contributed by atoms with Crippen LogP contribution in [0.5, 0.6) is 5.75 Å². The van der Waals surface area contributed by atoms with Crippen LogP contribution in [0.1, 0.15) is 29.9 Å². The monoisotopic (exact) mass is 552 g/mol. The fraction of sp³-hybridized carbons (Fsp3) is 0.379. The molecule has 1 amide bonds. The molecule has 0 fully saturated rings. The number of pyridine rings is 1. The van der Waals surface area contributed by atoms with Crippen LogP contribution >= 0.6 is 0 Å². The Morgan fingerprint density at radius 2 is 1.79 bits per heavy atom. The Morgan fingerprint density at radius 1 is 1.05 bits per heavy atom. The lowest BCUT2D eigenvalue weighted by atomic mass is 10.0. The smallest absolute Gasteiger partial charge is 0.261 e. The van der Waals surface area contributed by atoms with E-state index in [2.05, 4.69) is 28.5 Å². The zero-order chi connectivity index (χ0) is 28.0. The third-order valence-corrected chi connectivity index (χ3v) is 8.37. The Balaban J connectivity index is 1.65. The van der Waals surface area contributed by atoms with E-state index in [4.69, 9.17) is 9.47 Å². The van der Waals surface area contributed by atoms with Crippen molar-refractivity contribution in [1.82, 2.24) is 14.8 Å². The van der Waals surface area contributed by atoms with Crippen LogP contribution in [0, 0.1) is 5.92 Å². The predicted molar refractivity (Wildman–Crippen MR) is 150 cm³/mol. The molecule has 0 radical (unpaired) electrons. The molecule has 4 rings (SSSR count). The van der Waals surface area contributed by atoms with E-state index in [0.717, 1.165) is 12.2 Å². The number of rotatable bonds is 6. The first-order chi connectivity index (χ1) is 18.7. The highest BCUT2D eigenvalue weighted by Crippen LogP contribution is 2.28. The first-order valence-corrected chi connectivity index (χ1v) is 14.4. The second-order valence-electron chi connectivity index (χ2n) is 9.98. The Hall–Kier alpha value is -3.47. The number of hydrogen-bond acceptors (Lipinski definition) is 7. The van der Waals surface area contributed by atoms with Crippen molar-refractivity contribution in [3.05, 3.63) is 84.2 Å². The number of aromatic nitrogens is 1. The van der Waals surface area contributed by atoms with Gasteiger partial charge in [-0.15, -0.1) is 0 Å². The highest BCUT2D eigenvalue weighted by atomic mass is 32.2. The first kappa shape index (κ1) is 28.5. The van der Waals surface area contributed by atoms with Crippen LogP contribution in [0.25, 0.3) is 0 Å². The van der Waals surface area contributed by atoms with Crippen LogP contribution in [0.4, 0.5) is 5.69 Å². The number of ether oxygens (including phenoxy) is 2. The van der Waals surface area contributed by atoms with Gasteiger partial charge in [0.15, 0.2) is 0 Å². The van der Waals surface area contributed by atoms with Crippen molar-refractivity contribution in [2.75, 3.05) is 38.6 Å². The molecule has 2 aromatic carbocycles. The molecule has 0 bridgehead atoms. The van der Waals surface area contributed by atoms with Crippen LogP contribution < -0.4 is 9.46 Å². The van der Waals surface area contributed by atoms with Gasteiger partial charge in [-0.1, -0.05) is 31.2 Å². The first-order valence-electron chi connectivity index (χ1n) is 12.9. The highest BCUT2D eigenvalue weighted by molar-refractivity contribution is 7.92. The minimum Gasteiger partial charge on any atom is -0.491 e. The van der Waals surface area contributed by atoms with E-state index in [1.807, 2.05) is 18.2 Å². The van der Waals surface area contributed by atoms with Gasteiger partial charge in [-0.3, -0.25) is 19.4 Å². The van der Waals surface area contributed by atoms with Crippen LogP contribution in [0.15, 0.2) is 77.8 Å². The summed E-state index contributed by atoms with van der Waals surface area (Å²) in [7, 11) is -0.453. The molecule has 3 atom stereocenters. The van der Waals surface area contributed by atoms with E-state index in [1.54, 1.807) is 55.6 Å². The minimum absolute atomic E-state index is 0.00308. The number of nitrogens with one attached hydrogen (secondary N) is 1. The summed E-state index contributed by atoms with van der Waals surface area (Å²) in [6, 6.07) is 18.7. The van der Waals surface area contributed by atoms with E-state index in [9.17, 15) is 13.2 Å². The molecule has 1 N–H and O–H groups in total. The van der Waals surface area contributed by atoms with Gasteiger partial charge in [0, 0.05) is 51.7 Å². The van der Waals surface area contributed by atoms with E-state index >= 15 is 0 Å². The third kappa shape index (κ3) is 7.14. The van der Waals surface area contributed by atoms with Crippen molar-refractivity contribution in [3.8, 4) is 5.75 Å². The number of carbonyl (C=O) groups excluding carboxylic acids is 1. The van der Waals surface area contributed by atoms with Crippen molar-refractivity contribution in [2.45, 2.75) is 37.4 Å². The average Bonchev–Trinajstić information content (AvgIpc) is 2.94. The number of amides is 1. The van der Waals surface area contributed by atoms with Gasteiger partial charge in [-0.25, -0.2) is 8.42 Å². The molecule has 0 unspecified atom stereocenters. The van der Waals surface area contributed by atoms with E-state index < -0.39 is 10.0 Å². The molecule has 39 heavy (non-hydrogen) atoms. The predicted octanol–water partition coefficient (Wildman–Crippen LogP) is 3.89. The molecule has 3 aromatic rings. The van der Waals surface area contributed by atoms with Crippen molar-refractivity contribution in [1.29, 1.82) is 0 Å². The minimum atomic E-state index is -3.83. The zero-order valence-corrected chi connectivity index (χ0v) is 23.6. The summed E-state index contributed by atoms with van der Waals surface area (Å²) in [5.74, 6) is 0.222. The molecule has 1 aliphatic heterocycles. The molecule has 2 heterocycles. The van der Waals surface area contributed by atoms with Crippen LogP contribution in [0.2, 0.25) is 0 Å². The Kier molecular flexibility index (Phi) is 9.21. The number of likely N-dealkylation sites (N-methyl/N-ethyl adjacent to an activating group) is 1. The van der Waals surface area contributed by atoms with Gasteiger partial charge in [0.2, 0.25) is 0 Å². The topological polar surface area (TPSA) is 101 Å².